The number of anilines is 1. The molecule has 0 saturated heterocycles. The van der Waals surface area contributed by atoms with Gasteiger partial charge in [0.15, 0.2) is 0 Å². The molecular formula is C15H14BrNS. The number of rotatable bonds is 4. The highest BCUT2D eigenvalue weighted by molar-refractivity contribution is 9.10. The highest BCUT2D eigenvalue weighted by Gasteiger charge is 1.99. The summed E-state index contributed by atoms with van der Waals surface area (Å²) in [5.74, 6) is 0.912. The third kappa shape index (κ3) is 3.93. The van der Waals surface area contributed by atoms with E-state index in [0.29, 0.717) is 0 Å². The molecule has 0 bridgehead atoms. The summed E-state index contributed by atoms with van der Waals surface area (Å²) in [4.78, 5) is 1.11. The van der Waals surface area contributed by atoms with Crippen LogP contribution in [0.2, 0.25) is 0 Å². The van der Waals surface area contributed by atoms with Gasteiger partial charge in [-0.2, -0.15) is 0 Å². The summed E-state index contributed by atoms with van der Waals surface area (Å²) in [6, 6.07) is 16.2. The van der Waals surface area contributed by atoms with Gasteiger partial charge in [-0.05, 0) is 23.8 Å². The molecule has 0 atom stereocenters. The van der Waals surface area contributed by atoms with Gasteiger partial charge in [0.2, 0.25) is 0 Å². The highest BCUT2D eigenvalue weighted by atomic mass is 79.9. The molecule has 0 radical (unpaired) electrons. The predicted octanol–water partition coefficient (Wildman–Crippen LogP) is 4.84. The van der Waals surface area contributed by atoms with Gasteiger partial charge in [0.25, 0.3) is 0 Å². The van der Waals surface area contributed by atoms with Crippen molar-refractivity contribution in [2.75, 3.05) is 11.5 Å². The van der Waals surface area contributed by atoms with Gasteiger partial charge in [-0.1, -0.05) is 58.4 Å². The Morgan fingerprint density at radius 2 is 1.89 bits per heavy atom. The molecule has 3 heteroatoms. The molecule has 2 aromatic carbocycles. The molecule has 92 valence electrons. The first-order valence-corrected chi connectivity index (χ1v) is 7.43. The smallest absolute Gasteiger partial charge is 0.0453 e. The molecule has 2 N–H and O–H groups in total. The van der Waals surface area contributed by atoms with Crippen molar-refractivity contribution in [2.24, 2.45) is 0 Å². The maximum atomic E-state index is 5.92. The van der Waals surface area contributed by atoms with Gasteiger partial charge < -0.3 is 5.73 Å². The zero-order chi connectivity index (χ0) is 12.8. The average Bonchev–Trinajstić information content (AvgIpc) is 2.40. The van der Waals surface area contributed by atoms with Crippen LogP contribution in [0.25, 0.3) is 6.08 Å². The quantitative estimate of drug-likeness (QED) is 0.644. The summed E-state index contributed by atoms with van der Waals surface area (Å²) in [6.45, 7) is 0. The van der Waals surface area contributed by atoms with Gasteiger partial charge in [-0.25, -0.2) is 0 Å². The van der Waals surface area contributed by atoms with Crippen LogP contribution < -0.4 is 5.73 Å². The SMILES string of the molecule is Nc1ccc(Br)cc1SCC=Cc1ccccc1. The Hall–Kier alpha value is -1.19. The summed E-state index contributed by atoms with van der Waals surface area (Å²) >= 11 is 5.19. The standard InChI is InChI=1S/C15H14BrNS/c16-13-8-9-14(17)15(11-13)18-10-4-7-12-5-2-1-3-6-12/h1-9,11H,10,17H2. The molecule has 0 amide bonds. The molecule has 18 heavy (non-hydrogen) atoms. The molecule has 0 aliphatic rings. The van der Waals surface area contributed by atoms with Crippen LogP contribution in [0.5, 0.6) is 0 Å². The van der Waals surface area contributed by atoms with Crippen molar-refractivity contribution in [2.45, 2.75) is 4.90 Å². The number of benzene rings is 2. The first kappa shape index (κ1) is 13.2. The highest BCUT2D eigenvalue weighted by Crippen LogP contribution is 2.28. The molecule has 0 aliphatic heterocycles. The van der Waals surface area contributed by atoms with E-state index in [-0.39, 0.29) is 0 Å². The number of hydrogen-bond acceptors (Lipinski definition) is 2. The minimum Gasteiger partial charge on any atom is -0.398 e. The van der Waals surface area contributed by atoms with Gasteiger partial charge in [0.05, 0.1) is 0 Å². The van der Waals surface area contributed by atoms with Crippen LogP contribution in [0.1, 0.15) is 5.56 Å². The number of nitrogen functional groups attached to an aromatic ring is 1. The van der Waals surface area contributed by atoms with Crippen molar-refractivity contribution in [3.63, 3.8) is 0 Å². The lowest BCUT2D eigenvalue weighted by Crippen LogP contribution is -1.88. The van der Waals surface area contributed by atoms with Crippen LogP contribution in [0, 0.1) is 0 Å². The molecule has 2 rings (SSSR count). The van der Waals surface area contributed by atoms with Crippen LogP contribution in [0.15, 0.2) is 64.0 Å². The Morgan fingerprint density at radius 1 is 1.11 bits per heavy atom. The van der Waals surface area contributed by atoms with E-state index in [4.69, 9.17) is 5.73 Å². The first-order chi connectivity index (χ1) is 8.75. The second kappa shape index (κ2) is 6.66. The average molecular weight is 320 g/mol. The topological polar surface area (TPSA) is 26.0 Å². The van der Waals surface area contributed by atoms with Crippen molar-refractivity contribution >= 4 is 39.5 Å². The van der Waals surface area contributed by atoms with E-state index < -0.39 is 0 Å². The molecule has 0 fully saturated rings. The summed E-state index contributed by atoms with van der Waals surface area (Å²) in [7, 11) is 0. The first-order valence-electron chi connectivity index (χ1n) is 5.65. The molecule has 0 aliphatic carbocycles. The Morgan fingerprint density at radius 3 is 2.67 bits per heavy atom. The number of hydrogen-bond donors (Lipinski definition) is 1. The van der Waals surface area contributed by atoms with Crippen molar-refractivity contribution in [3.8, 4) is 0 Å². The minimum atomic E-state index is 0.830. The summed E-state index contributed by atoms with van der Waals surface area (Å²) in [5.41, 5.74) is 7.97. The van der Waals surface area contributed by atoms with Crippen LogP contribution in [-0.2, 0) is 0 Å². The summed E-state index contributed by atoms with van der Waals surface area (Å²) in [5, 5.41) is 0. The third-order valence-electron chi connectivity index (χ3n) is 2.42. The predicted molar refractivity (Wildman–Crippen MR) is 84.8 cm³/mol. The molecule has 0 unspecified atom stereocenters. The number of thioether (sulfide) groups is 1. The van der Waals surface area contributed by atoms with Crippen LogP contribution >= 0.6 is 27.7 Å². The van der Waals surface area contributed by atoms with E-state index in [1.165, 1.54) is 5.56 Å². The van der Waals surface area contributed by atoms with E-state index in [2.05, 4.69) is 46.3 Å². The van der Waals surface area contributed by atoms with Gasteiger partial charge in [0, 0.05) is 20.8 Å². The largest absolute Gasteiger partial charge is 0.398 e. The molecule has 0 heterocycles. The molecule has 1 nitrogen and oxygen atoms in total. The van der Waals surface area contributed by atoms with Crippen LogP contribution in [0.4, 0.5) is 5.69 Å². The Kier molecular flexibility index (Phi) is 4.90. The molecule has 0 spiro atoms. The molecule has 0 aromatic heterocycles. The maximum absolute atomic E-state index is 5.92. The fraction of sp³-hybridized carbons (Fsp3) is 0.0667. The summed E-state index contributed by atoms with van der Waals surface area (Å²) < 4.78 is 1.06. The van der Waals surface area contributed by atoms with Crippen molar-refractivity contribution in [1.82, 2.24) is 0 Å². The maximum Gasteiger partial charge on any atom is 0.0453 e. The van der Waals surface area contributed by atoms with E-state index in [0.717, 1.165) is 20.8 Å². The number of nitrogens with two attached hydrogens (primary N) is 1. The lowest BCUT2D eigenvalue weighted by molar-refractivity contribution is 1.43. The zero-order valence-corrected chi connectivity index (χ0v) is 12.2. The lowest BCUT2D eigenvalue weighted by atomic mass is 10.2. The Balaban J connectivity index is 1.92. The van der Waals surface area contributed by atoms with E-state index in [1.54, 1.807) is 11.8 Å². The van der Waals surface area contributed by atoms with Crippen molar-refractivity contribution in [1.29, 1.82) is 0 Å². The second-order valence-corrected chi connectivity index (χ2v) is 5.78. The van der Waals surface area contributed by atoms with Crippen LogP contribution in [-0.4, -0.2) is 5.75 Å². The number of halogens is 1. The minimum absolute atomic E-state index is 0.830. The van der Waals surface area contributed by atoms with Crippen molar-refractivity contribution in [3.05, 3.63) is 64.6 Å². The Bertz CT molecular complexity index is 537. The van der Waals surface area contributed by atoms with E-state index in [9.17, 15) is 0 Å². The Labute approximate surface area is 120 Å². The third-order valence-corrected chi connectivity index (χ3v) is 3.94. The van der Waals surface area contributed by atoms with Gasteiger partial charge in [-0.3, -0.25) is 0 Å². The fourth-order valence-electron chi connectivity index (χ4n) is 1.52. The lowest BCUT2D eigenvalue weighted by Gasteiger charge is -2.03. The normalized spacial score (nSPS) is 10.9. The van der Waals surface area contributed by atoms with E-state index >= 15 is 0 Å². The summed E-state index contributed by atoms with van der Waals surface area (Å²) in [6.07, 6.45) is 4.28. The fourth-order valence-corrected chi connectivity index (χ4v) is 2.85. The molecular weight excluding hydrogens is 306 g/mol. The second-order valence-electron chi connectivity index (χ2n) is 3.81. The van der Waals surface area contributed by atoms with Gasteiger partial charge >= 0.3 is 0 Å². The molecule has 2 aromatic rings. The van der Waals surface area contributed by atoms with Crippen molar-refractivity contribution < 1.29 is 0 Å². The molecule has 0 saturated carbocycles. The van der Waals surface area contributed by atoms with Gasteiger partial charge in [-0.15, -0.1) is 11.8 Å². The van der Waals surface area contributed by atoms with E-state index in [1.807, 2.05) is 30.3 Å². The zero-order valence-electron chi connectivity index (χ0n) is 9.84. The monoisotopic (exact) mass is 319 g/mol. The van der Waals surface area contributed by atoms with Gasteiger partial charge in [0.1, 0.15) is 0 Å². The van der Waals surface area contributed by atoms with Crippen LogP contribution in [0.3, 0.4) is 0 Å².